The van der Waals surface area contributed by atoms with Gasteiger partial charge in [0.25, 0.3) is 5.91 Å². The first-order chi connectivity index (χ1) is 10.6. The minimum atomic E-state index is -0.00134. The van der Waals surface area contributed by atoms with Crippen LogP contribution in [0.2, 0.25) is 0 Å². The van der Waals surface area contributed by atoms with E-state index in [1.807, 2.05) is 38.1 Å². The highest BCUT2D eigenvalue weighted by atomic mass is 16.1. The number of pyridine rings is 1. The van der Waals surface area contributed by atoms with Crippen LogP contribution in [0.5, 0.6) is 0 Å². The Bertz CT molecular complexity index is 685. The summed E-state index contributed by atoms with van der Waals surface area (Å²) in [6.45, 7) is 7.93. The minimum absolute atomic E-state index is 0.00134. The van der Waals surface area contributed by atoms with Crippen molar-refractivity contribution in [3.8, 4) is 0 Å². The molecule has 1 aliphatic rings. The van der Waals surface area contributed by atoms with E-state index >= 15 is 0 Å². The molecule has 0 aliphatic carbocycles. The summed E-state index contributed by atoms with van der Waals surface area (Å²) in [5.74, 6) is -0.00134. The average Bonchev–Trinajstić information content (AvgIpc) is 2.99. The topological polar surface area (TPSA) is 45.2 Å². The van der Waals surface area contributed by atoms with Crippen molar-refractivity contribution in [3.05, 3.63) is 41.1 Å². The van der Waals surface area contributed by atoms with E-state index in [1.54, 1.807) is 0 Å². The third-order valence-electron chi connectivity index (χ3n) is 4.25. The number of hydrogen-bond donors (Lipinski definition) is 1. The number of carbonyl (C=O) groups is 1. The van der Waals surface area contributed by atoms with Crippen molar-refractivity contribution in [2.45, 2.75) is 26.7 Å². The van der Waals surface area contributed by atoms with Crippen molar-refractivity contribution in [2.24, 2.45) is 0 Å². The number of nitrogens with one attached hydrogen (secondary N) is 1. The normalized spacial score (nSPS) is 15.4. The number of hydrogen-bond acceptors (Lipinski definition) is 3. The third kappa shape index (κ3) is 3.28. The van der Waals surface area contributed by atoms with Crippen molar-refractivity contribution in [1.29, 1.82) is 0 Å². The molecular weight excluding hydrogens is 274 g/mol. The van der Waals surface area contributed by atoms with Crippen molar-refractivity contribution < 1.29 is 4.79 Å². The summed E-state index contributed by atoms with van der Waals surface area (Å²) >= 11 is 0. The fourth-order valence-electron chi connectivity index (χ4n) is 3.09. The van der Waals surface area contributed by atoms with E-state index in [-0.39, 0.29) is 5.91 Å². The van der Waals surface area contributed by atoms with Gasteiger partial charge in [0.2, 0.25) is 0 Å². The van der Waals surface area contributed by atoms with E-state index in [9.17, 15) is 4.79 Å². The molecule has 0 atom stereocenters. The molecule has 1 aromatic carbocycles. The van der Waals surface area contributed by atoms with E-state index in [1.165, 1.54) is 12.8 Å². The smallest absolute Gasteiger partial charge is 0.252 e. The van der Waals surface area contributed by atoms with Gasteiger partial charge in [0.1, 0.15) is 0 Å². The third-order valence-corrected chi connectivity index (χ3v) is 4.25. The van der Waals surface area contributed by atoms with Crippen molar-refractivity contribution in [1.82, 2.24) is 15.2 Å². The molecule has 3 rings (SSSR count). The van der Waals surface area contributed by atoms with Crippen LogP contribution in [0.1, 0.15) is 34.5 Å². The van der Waals surface area contributed by atoms with Gasteiger partial charge in [-0.1, -0.05) is 12.1 Å². The van der Waals surface area contributed by atoms with Gasteiger partial charge in [-0.25, -0.2) is 0 Å². The predicted octanol–water partition coefficient (Wildman–Crippen LogP) is 2.68. The number of fused-ring (bicyclic) bond motifs is 1. The first kappa shape index (κ1) is 15.0. The lowest BCUT2D eigenvalue weighted by atomic mass is 10.1. The number of amides is 1. The average molecular weight is 297 g/mol. The molecule has 1 fully saturated rings. The summed E-state index contributed by atoms with van der Waals surface area (Å²) < 4.78 is 0. The number of aromatic nitrogens is 1. The van der Waals surface area contributed by atoms with Gasteiger partial charge in [0.05, 0.1) is 11.1 Å². The van der Waals surface area contributed by atoms with E-state index < -0.39 is 0 Å². The molecule has 116 valence electrons. The Morgan fingerprint density at radius 2 is 2.00 bits per heavy atom. The number of benzene rings is 1. The monoisotopic (exact) mass is 297 g/mol. The zero-order valence-corrected chi connectivity index (χ0v) is 13.4. The Balaban J connectivity index is 1.75. The Morgan fingerprint density at radius 1 is 1.23 bits per heavy atom. The van der Waals surface area contributed by atoms with Crippen molar-refractivity contribution >= 4 is 16.8 Å². The zero-order chi connectivity index (χ0) is 15.5. The Labute approximate surface area is 131 Å². The van der Waals surface area contributed by atoms with Crippen LogP contribution in [0.25, 0.3) is 10.9 Å². The van der Waals surface area contributed by atoms with Crippen LogP contribution in [0.3, 0.4) is 0 Å². The van der Waals surface area contributed by atoms with Gasteiger partial charge in [-0.15, -0.1) is 0 Å². The summed E-state index contributed by atoms with van der Waals surface area (Å²) in [4.78, 5) is 19.4. The molecule has 1 aliphatic heterocycles. The molecule has 2 heterocycles. The fourth-order valence-corrected chi connectivity index (χ4v) is 3.09. The zero-order valence-electron chi connectivity index (χ0n) is 13.4. The Kier molecular flexibility index (Phi) is 4.39. The second-order valence-corrected chi connectivity index (χ2v) is 6.14. The maximum absolute atomic E-state index is 12.5. The highest BCUT2D eigenvalue weighted by Crippen LogP contribution is 2.19. The second-order valence-electron chi connectivity index (χ2n) is 6.14. The van der Waals surface area contributed by atoms with E-state index in [0.717, 1.165) is 47.4 Å². The van der Waals surface area contributed by atoms with Crippen LogP contribution < -0.4 is 5.32 Å². The van der Waals surface area contributed by atoms with Gasteiger partial charge >= 0.3 is 0 Å². The highest BCUT2D eigenvalue weighted by Gasteiger charge is 2.14. The standard InChI is InChI=1S/C18H23N3O/c1-13-5-6-15-16(12-14(2)20-17(15)11-13)18(22)19-7-10-21-8-3-4-9-21/h5-6,11-12H,3-4,7-10H2,1-2H3,(H,19,22). The molecule has 22 heavy (non-hydrogen) atoms. The number of nitrogens with zero attached hydrogens (tertiary/aromatic N) is 2. The molecule has 4 nitrogen and oxygen atoms in total. The molecule has 1 saturated heterocycles. The number of likely N-dealkylation sites (tertiary alicyclic amines) is 1. The maximum atomic E-state index is 12.5. The van der Waals surface area contributed by atoms with E-state index in [0.29, 0.717) is 6.54 Å². The predicted molar refractivity (Wildman–Crippen MR) is 89.2 cm³/mol. The summed E-state index contributed by atoms with van der Waals surface area (Å²) in [5, 5.41) is 3.98. The summed E-state index contributed by atoms with van der Waals surface area (Å²) in [6, 6.07) is 7.93. The van der Waals surface area contributed by atoms with E-state index in [4.69, 9.17) is 0 Å². The first-order valence-electron chi connectivity index (χ1n) is 8.02. The quantitative estimate of drug-likeness (QED) is 0.943. The molecule has 0 radical (unpaired) electrons. The number of aryl methyl sites for hydroxylation is 2. The van der Waals surface area contributed by atoms with Crippen LogP contribution in [0.4, 0.5) is 0 Å². The molecule has 1 N–H and O–H groups in total. The van der Waals surface area contributed by atoms with Crippen LogP contribution in [0.15, 0.2) is 24.3 Å². The van der Waals surface area contributed by atoms with Gasteiger partial charge in [-0.3, -0.25) is 9.78 Å². The maximum Gasteiger partial charge on any atom is 0.252 e. The SMILES string of the molecule is Cc1ccc2c(C(=O)NCCN3CCCC3)cc(C)nc2c1. The molecule has 1 amide bonds. The summed E-state index contributed by atoms with van der Waals surface area (Å²) in [6.07, 6.45) is 2.56. The molecule has 2 aromatic rings. The number of rotatable bonds is 4. The van der Waals surface area contributed by atoms with Crippen molar-refractivity contribution in [3.63, 3.8) is 0 Å². The van der Waals surface area contributed by atoms with Gasteiger partial charge in [0, 0.05) is 24.2 Å². The van der Waals surface area contributed by atoms with Crippen molar-refractivity contribution in [2.75, 3.05) is 26.2 Å². The lowest BCUT2D eigenvalue weighted by Gasteiger charge is -2.15. The minimum Gasteiger partial charge on any atom is -0.351 e. The first-order valence-corrected chi connectivity index (χ1v) is 8.02. The molecule has 0 saturated carbocycles. The van der Waals surface area contributed by atoms with Gasteiger partial charge < -0.3 is 10.2 Å². The molecule has 1 aromatic heterocycles. The largest absolute Gasteiger partial charge is 0.351 e. The fraction of sp³-hybridized carbons (Fsp3) is 0.444. The summed E-state index contributed by atoms with van der Waals surface area (Å²) in [5.41, 5.74) is 3.65. The summed E-state index contributed by atoms with van der Waals surface area (Å²) in [7, 11) is 0. The van der Waals surface area contributed by atoms with Crippen LogP contribution in [-0.2, 0) is 0 Å². The molecular formula is C18H23N3O. The second kappa shape index (κ2) is 6.44. The van der Waals surface area contributed by atoms with Crippen LogP contribution in [-0.4, -0.2) is 42.0 Å². The van der Waals surface area contributed by atoms with Crippen LogP contribution in [0, 0.1) is 13.8 Å². The van der Waals surface area contributed by atoms with Gasteiger partial charge in [-0.05, 0) is 57.5 Å². The van der Waals surface area contributed by atoms with Crippen LogP contribution >= 0.6 is 0 Å². The van der Waals surface area contributed by atoms with Gasteiger partial charge in [-0.2, -0.15) is 0 Å². The molecule has 0 spiro atoms. The molecule has 4 heteroatoms. The Hall–Kier alpha value is -1.94. The molecule has 0 unspecified atom stereocenters. The Morgan fingerprint density at radius 3 is 2.77 bits per heavy atom. The molecule has 0 bridgehead atoms. The highest BCUT2D eigenvalue weighted by molar-refractivity contribution is 6.06. The van der Waals surface area contributed by atoms with Gasteiger partial charge in [0.15, 0.2) is 0 Å². The number of carbonyl (C=O) groups excluding carboxylic acids is 1. The lowest BCUT2D eigenvalue weighted by Crippen LogP contribution is -2.33. The lowest BCUT2D eigenvalue weighted by molar-refractivity contribution is 0.0951. The van der Waals surface area contributed by atoms with E-state index in [2.05, 4.69) is 15.2 Å².